The van der Waals surface area contributed by atoms with Crippen LogP contribution in [-0.2, 0) is 6.54 Å². The molecule has 2 rings (SSSR count). The minimum Gasteiger partial charge on any atom is -0.273 e. The summed E-state index contributed by atoms with van der Waals surface area (Å²) in [7, 11) is 0. The molecule has 0 aliphatic heterocycles. The summed E-state index contributed by atoms with van der Waals surface area (Å²) in [6.07, 6.45) is 0. The highest BCUT2D eigenvalue weighted by atomic mass is 35.5. The maximum Gasteiger partial charge on any atom is 0.334 e. The molecule has 0 heterocycles. The van der Waals surface area contributed by atoms with E-state index in [2.05, 4.69) is 18.1 Å². The smallest absolute Gasteiger partial charge is 0.273 e. The topological polar surface area (TPSA) is 49.4 Å². The van der Waals surface area contributed by atoms with Crippen molar-refractivity contribution in [1.82, 2.24) is 9.62 Å². The zero-order chi connectivity index (χ0) is 16.1. The summed E-state index contributed by atoms with van der Waals surface area (Å²) in [4.78, 5) is 23.9. The van der Waals surface area contributed by atoms with E-state index in [4.69, 9.17) is 11.6 Å². The Bertz CT molecular complexity index is 672. The van der Waals surface area contributed by atoms with E-state index in [9.17, 15) is 9.59 Å². The molecule has 2 aromatic rings. The van der Waals surface area contributed by atoms with Crippen molar-refractivity contribution in [1.29, 1.82) is 0 Å². The molecule has 6 heteroatoms. The summed E-state index contributed by atoms with van der Waals surface area (Å²) in [6.45, 7) is 2.18. The van der Waals surface area contributed by atoms with E-state index in [1.54, 1.807) is 36.4 Å². The van der Waals surface area contributed by atoms with Crippen LogP contribution >= 0.6 is 24.4 Å². The fourth-order valence-corrected chi connectivity index (χ4v) is 2.11. The molecule has 0 radical (unpaired) electrons. The van der Waals surface area contributed by atoms with Crippen molar-refractivity contribution >= 4 is 36.4 Å². The van der Waals surface area contributed by atoms with Crippen LogP contribution in [0.5, 0.6) is 0 Å². The van der Waals surface area contributed by atoms with Crippen molar-refractivity contribution in [2.45, 2.75) is 13.5 Å². The standard InChI is InChI=1S/C16H15ClN2O2S/c1-11-2-6-13(7-3-11)15(20)18-16(21)19(22)10-12-4-8-14(17)9-5-12/h2-9,22H,10H2,1H3,(H,18,20,21). The van der Waals surface area contributed by atoms with Gasteiger partial charge in [-0.1, -0.05) is 54.2 Å². The quantitative estimate of drug-likeness (QED) is 0.838. The van der Waals surface area contributed by atoms with Crippen molar-refractivity contribution in [3.8, 4) is 0 Å². The number of thiol groups is 1. The average Bonchev–Trinajstić information content (AvgIpc) is 2.50. The van der Waals surface area contributed by atoms with E-state index < -0.39 is 11.9 Å². The fourth-order valence-electron chi connectivity index (χ4n) is 1.77. The molecule has 114 valence electrons. The van der Waals surface area contributed by atoms with E-state index in [0.29, 0.717) is 10.6 Å². The molecule has 3 amide bonds. The third kappa shape index (κ3) is 4.51. The Morgan fingerprint density at radius 1 is 1.09 bits per heavy atom. The molecular formula is C16H15ClN2O2S. The van der Waals surface area contributed by atoms with Crippen LogP contribution in [0.15, 0.2) is 48.5 Å². The van der Waals surface area contributed by atoms with Crippen LogP contribution in [0, 0.1) is 6.92 Å². The predicted octanol–water partition coefficient (Wildman–Crippen LogP) is 3.85. The predicted molar refractivity (Wildman–Crippen MR) is 90.0 cm³/mol. The number of rotatable bonds is 3. The monoisotopic (exact) mass is 334 g/mol. The highest BCUT2D eigenvalue weighted by Crippen LogP contribution is 2.12. The van der Waals surface area contributed by atoms with Crippen LogP contribution in [0.2, 0.25) is 5.02 Å². The fraction of sp³-hybridized carbons (Fsp3) is 0.125. The van der Waals surface area contributed by atoms with Gasteiger partial charge in [-0.05, 0) is 36.8 Å². The second kappa shape index (κ2) is 7.33. The van der Waals surface area contributed by atoms with Crippen LogP contribution in [0.3, 0.4) is 0 Å². The number of halogens is 1. The molecule has 0 aliphatic carbocycles. The van der Waals surface area contributed by atoms with Crippen LogP contribution in [-0.4, -0.2) is 16.2 Å². The molecule has 0 saturated heterocycles. The van der Waals surface area contributed by atoms with Crippen LogP contribution in [0.4, 0.5) is 4.79 Å². The lowest BCUT2D eigenvalue weighted by molar-refractivity contribution is 0.0959. The third-order valence-electron chi connectivity index (χ3n) is 3.01. The summed E-state index contributed by atoms with van der Waals surface area (Å²) in [6, 6.07) is 13.4. The first-order valence-electron chi connectivity index (χ1n) is 6.58. The number of nitrogens with zero attached hydrogens (tertiary/aromatic N) is 1. The lowest BCUT2D eigenvalue weighted by atomic mass is 10.1. The number of hydrogen-bond acceptors (Lipinski definition) is 3. The molecule has 0 aliphatic rings. The molecule has 0 spiro atoms. The molecule has 22 heavy (non-hydrogen) atoms. The Kier molecular flexibility index (Phi) is 5.46. The van der Waals surface area contributed by atoms with Gasteiger partial charge in [-0.25, -0.2) is 4.79 Å². The summed E-state index contributed by atoms with van der Waals surface area (Å²) in [5, 5.41) is 2.91. The molecule has 1 N–H and O–H groups in total. The van der Waals surface area contributed by atoms with Gasteiger partial charge >= 0.3 is 6.03 Å². The molecule has 0 aromatic heterocycles. The molecule has 4 nitrogen and oxygen atoms in total. The number of imide groups is 1. The number of amides is 3. The maximum absolute atomic E-state index is 12.0. The van der Waals surface area contributed by atoms with Gasteiger partial charge in [0.25, 0.3) is 5.91 Å². The first-order chi connectivity index (χ1) is 10.5. The molecule has 0 fully saturated rings. The molecule has 0 unspecified atom stereocenters. The minimum absolute atomic E-state index is 0.257. The summed E-state index contributed by atoms with van der Waals surface area (Å²) in [5.74, 6) is -0.458. The normalized spacial score (nSPS) is 10.1. The SMILES string of the molecule is Cc1ccc(C(=O)NC(=O)N(S)Cc2ccc(Cl)cc2)cc1. The first kappa shape index (κ1) is 16.4. The largest absolute Gasteiger partial charge is 0.334 e. The number of benzene rings is 2. The zero-order valence-electron chi connectivity index (χ0n) is 11.9. The molecule has 0 atom stereocenters. The van der Waals surface area contributed by atoms with E-state index in [1.807, 2.05) is 19.1 Å². The number of carbonyl (C=O) groups excluding carboxylic acids is 2. The molecule has 2 aromatic carbocycles. The first-order valence-corrected chi connectivity index (χ1v) is 7.36. The Morgan fingerprint density at radius 3 is 2.27 bits per heavy atom. The second-order valence-corrected chi connectivity index (χ2v) is 5.73. The maximum atomic E-state index is 12.0. The number of nitrogens with one attached hydrogen (secondary N) is 1. The van der Waals surface area contributed by atoms with Crippen LogP contribution in [0.25, 0.3) is 0 Å². The van der Waals surface area contributed by atoms with Crippen LogP contribution in [0.1, 0.15) is 21.5 Å². The van der Waals surface area contributed by atoms with E-state index in [0.717, 1.165) is 15.4 Å². The van der Waals surface area contributed by atoms with Crippen LogP contribution < -0.4 is 5.32 Å². The number of urea groups is 1. The Labute approximate surface area is 139 Å². The zero-order valence-corrected chi connectivity index (χ0v) is 13.6. The number of carbonyl (C=O) groups is 2. The minimum atomic E-state index is -0.580. The van der Waals surface area contributed by atoms with E-state index >= 15 is 0 Å². The molecule has 0 bridgehead atoms. The highest BCUT2D eigenvalue weighted by Gasteiger charge is 2.15. The summed E-state index contributed by atoms with van der Waals surface area (Å²) >= 11 is 9.90. The van der Waals surface area contributed by atoms with Gasteiger partial charge in [0.1, 0.15) is 0 Å². The number of aryl methyl sites for hydroxylation is 1. The summed E-state index contributed by atoms with van der Waals surface area (Å²) < 4.78 is 1.13. The highest BCUT2D eigenvalue weighted by molar-refractivity contribution is 7.78. The summed E-state index contributed by atoms with van der Waals surface area (Å²) in [5.41, 5.74) is 2.32. The van der Waals surface area contributed by atoms with Crippen molar-refractivity contribution in [3.05, 3.63) is 70.2 Å². The van der Waals surface area contributed by atoms with Crippen molar-refractivity contribution in [3.63, 3.8) is 0 Å². The van der Waals surface area contributed by atoms with Gasteiger partial charge in [-0.15, -0.1) is 0 Å². The van der Waals surface area contributed by atoms with Gasteiger partial charge in [0, 0.05) is 10.6 Å². The van der Waals surface area contributed by atoms with Gasteiger partial charge in [-0.3, -0.25) is 14.4 Å². The average molecular weight is 335 g/mol. The van der Waals surface area contributed by atoms with Gasteiger partial charge in [0.15, 0.2) is 0 Å². The van der Waals surface area contributed by atoms with E-state index in [1.165, 1.54) is 0 Å². The van der Waals surface area contributed by atoms with Gasteiger partial charge in [0.05, 0.1) is 6.54 Å². The number of hydrogen-bond donors (Lipinski definition) is 2. The van der Waals surface area contributed by atoms with Crippen molar-refractivity contribution < 1.29 is 9.59 Å². The Morgan fingerprint density at radius 2 is 1.68 bits per heavy atom. The third-order valence-corrected chi connectivity index (χ3v) is 3.59. The second-order valence-electron chi connectivity index (χ2n) is 4.81. The van der Waals surface area contributed by atoms with Gasteiger partial charge < -0.3 is 0 Å². The van der Waals surface area contributed by atoms with Gasteiger partial charge in [-0.2, -0.15) is 0 Å². The van der Waals surface area contributed by atoms with Crippen molar-refractivity contribution in [2.75, 3.05) is 0 Å². The Balaban J connectivity index is 1.94. The molecular weight excluding hydrogens is 320 g/mol. The lowest BCUT2D eigenvalue weighted by Gasteiger charge is -2.16. The molecule has 0 saturated carbocycles. The Hall–Kier alpha value is -1.98. The lowest BCUT2D eigenvalue weighted by Crippen LogP contribution is -2.37. The van der Waals surface area contributed by atoms with Gasteiger partial charge in [0.2, 0.25) is 0 Å². The van der Waals surface area contributed by atoms with E-state index in [-0.39, 0.29) is 6.54 Å². The van der Waals surface area contributed by atoms with Crippen molar-refractivity contribution in [2.24, 2.45) is 0 Å².